The van der Waals surface area contributed by atoms with Gasteiger partial charge >= 0.3 is 0 Å². The van der Waals surface area contributed by atoms with Gasteiger partial charge in [0.25, 0.3) is 0 Å². The van der Waals surface area contributed by atoms with Gasteiger partial charge in [0.05, 0.1) is 5.52 Å². The van der Waals surface area contributed by atoms with Gasteiger partial charge in [0.1, 0.15) is 6.33 Å². The highest BCUT2D eigenvalue weighted by Crippen LogP contribution is 2.16. The van der Waals surface area contributed by atoms with E-state index in [9.17, 15) is 0 Å². The van der Waals surface area contributed by atoms with E-state index < -0.39 is 0 Å². The summed E-state index contributed by atoms with van der Waals surface area (Å²) in [5.74, 6) is 0. The van der Waals surface area contributed by atoms with Gasteiger partial charge in [-0.1, -0.05) is 11.6 Å². The molecule has 2 aromatic rings. The summed E-state index contributed by atoms with van der Waals surface area (Å²) in [6, 6.07) is 4.08. The van der Waals surface area contributed by atoms with Crippen molar-refractivity contribution in [3.8, 4) is 0 Å². The first kappa shape index (κ1) is 8.53. The molecular formula is C9H10ClN3. The van der Waals surface area contributed by atoms with Gasteiger partial charge in [0.2, 0.25) is 0 Å². The van der Waals surface area contributed by atoms with Gasteiger partial charge in [0.15, 0.2) is 5.15 Å². The maximum atomic E-state index is 5.89. The Morgan fingerprint density at radius 3 is 3.23 bits per heavy atom. The topological polar surface area (TPSA) is 29.3 Å². The number of hydrogen-bond donors (Lipinski definition) is 1. The molecule has 68 valence electrons. The molecule has 0 radical (unpaired) electrons. The van der Waals surface area contributed by atoms with Crippen LogP contribution < -0.4 is 5.32 Å². The normalized spacial score (nSPS) is 10.9. The monoisotopic (exact) mass is 195 g/mol. The van der Waals surface area contributed by atoms with Gasteiger partial charge in [-0.15, -0.1) is 0 Å². The molecule has 0 saturated heterocycles. The molecule has 0 saturated carbocycles. The molecule has 0 spiro atoms. The molecule has 2 aromatic heterocycles. The molecule has 0 atom stereocenters. The van der Waals surface area contributed by atoms with Crippen molar-refractivity contribution >= 4 is 17.1 Å². The van der Waals surface area contributed by atoms with E-state index in [1.54, 1.807) is 6.33 Å². The Morgan fingerprint density at radius 1 is 1.62 bits per heavy atom. The lowest BCUT2D eigenvalue weighted by molar-refractivity contribution is 0.816. The zero-order chi connectivity index (χ0) is 9.26. The number of fused-ring (bicyclic) bond motifs is 1. The number of nitrogens with one attached hydrogen (secondary N) is 1. The zero-order valence-corrected chi connectivity index (χ0v) is 8.04. The van der Waals surface area contributed by atoms with Crippen molar-refractivity contribution in [3.63, 3.8) is 0 Å². The smallest absolute Gasteiger partial charge is 0.154 e. The molecule has 1 N–H and O–H groups in total. The molecule has 2 heterocycles. The van der Waals surface area contributed by atoms with E-state index >= 15 is 0 Å². The van der Waals surface area contributed by atoms with Gasteiger partial charge in [-0.2, -0.15) is 0 Å². The second-order valence-corrected chi connectivity index (χ2v) is 3.25. The Labute approximate surface area is 81.4 Å². The summed E-state index contributed by atoms with van der Waals surface area (Å²) in [5, 5.41) is 3.64. The van der Waals surface area contributed by atoms with E-state index in [0.29, 0.717) is 5.15 Å². The number of hydrogen-bond acceptors (Lipinski definition) is 2. The minimum absolute atomic E-state index is 0.554. The molecule has 0 aromatic carbocycles. The van der Waals surface area contributed by atoms with E-state index in [0.717, 1.165) is 12.1 Å². The summed E-state index contributed by atoms with van der Waals surface area (Å²) >= 11 is 5.89. The SMILES string of the molecule is CNCc1ccn2cnc(Cl)c2c1. The quantitative estimate of drug-likeness (QED) is 0.791. The molecule has 13 heavy (non-hydrogen) atoms. The highest BCUT2D eigenvalue weighted by molar-refractivity contribution is 6.32. The van der Waals surface area contributed by atoms with Crippen LogP contribution in [0.5, 0.6) is 0 Å². The predicted octanol–water partition coefficient (Wildman–Crippen LogP) is 1.71. The highest BCUT2D eigenvalue weighted by Gasteiger charge is 2.01. The summed E-state index contributed by atoms with van der Waals surface area (Å²) in [6.07, 6.45) is 3.67. The number of rotatable bonds is 2. The Morgan fingerprint density at radius 2 is 2.46 bits per heavy atom. The van der Waals surface area contributed by atoms with Crippen LogP contribution >= 0.6 is 11.6 Å². The van der Waals surface area contributed by atoms with Crippen LogP contribution in [0.4, 0.5) is 0 Å². The molecule has 0 aliphatic carbocycles. The number of nitrogens with zero attached hydrogens (tertiary/aromatic N) is 2. The fourth-order valence-corrected chi connectivity index (χ4v) is 1.51. The first-order valence-electron chi connectivity index (χ1n) is 4.07. The lowest BCUT2D eigenvalue weighted by Crippen LogP contribution is -2.05. The minimum atomic E-state index is 0.554. The van der Waals surface area contributed by atoms with E-state index in [4.69, 9.17) is 11.6 Å². The molecule has 2 rings (SSSR count). The maximum absolute atomic E-state index is 5.89. The minimum Gasteiger partial charge on any atom is -0.316 e. The maximum Gasteiger partial charge on any atom is 0.154 e. The Balaban J connectivity index is 2.53. The summed E-state index contributed by atoms with van der Waals surface area (Å²) in [6.45, 7) is 0.845. The van der Waals surface area contributed by atoms with Crippen molar-refractivity contribution in [1.82, 2.24) is 14.7 Å². The lowest BCUT2D eigenvalue weighted by Gasteiger charge is -2.00. The third kappa shape index (κ3) is 1.53. The average molecular weight is 196 g/mol. The van der Waals surface area contributed by atoms with Crippen molar-refractivity contribution in [2.75, 3.05) is 7.05 Å². The fourth-order valence-electron chi connectivity index (χ4n) is 1.31. The molecule has 0 bridgehead atoms. The van der Waals surface area contributed by atoms with Gasteiger partial charge in [-0.3, -0.25) is 0 Å². The number of imidazole rings is 1. The second kappa shape index (κ2) is 3.36. The number of pyridine rings is 1. The second-order valence-electron chi connectivity index (χ2n) is 2.89. The third-order valence-electron chi connectivity index (χ3n) is 1.94. The average Bonchev–Trinajstić information content (AvgIpc) is 2.49. The van der Waals surface area contributed by atoms with Crippen LogP contribution in [0.2, 0.25) is 5.15 Å². The number of halogens is 1. The molecule has 0 aliphatic heterocycles. The molecular weight excluding hydrogens is 186 g/mol. The van der Waals surface area contributed by atoms with E-state index in [1.807, 2.05) is 29.8 Å². The summed E-state index contributed by atoms with van der Waals surface area (Å²) in [4.78, 5) is 4.00. The zero-order valence-electron chi connectivity index (χ0n) is 7.29. The largest absolute Gasteiger partial charge is 0.316 e. The van der Waals surface area contributed by atoms with Crippen LogP contribution in [0.3, 0.4) is 0 Å². The summed E-state index contributed by atoms with van der Waals surface area (Å²) < 4.78 is 1.90. The van der Waals surface area contributed by atoms with Crippen LogP contribution in [0.1, 0.15) is 5.56 Å². The Bertz CT molecular complexity index is 422. The lowest BCUT2D eigenvalue weighted by atomic mass is 10.2. The molecule has 0 fully saturated rings. The van der Waals surface area contributed by atoms with Gasteiger partial charge in [-0.25, -0.2) is 4.98 Å². The Hall–Kier alpha value is -1.06. The standard InChI is InChI=1S/C9H10ClN3/c1-11-5-7-2-3-13-6-12-9(10)8(13)4-7/h2-4,6,11H,5H2,1H3. The first-order valence-corrected chi connectivity index (χ1v) is 4.45. The Kier molecular flexibility index (Phi) is 2.20. The van der Waals surface area contributed by atoms with Gasteiger partial charge in [0, 0.05) is 12.7 Å². The van der Waals surface area contributed by atoms with Crippen LogP contribution in [-0.2, 0) is 6.54 Å². The van der Waals surface area contributed by atoms with Crippen LogP contribution in [-0.4, -0.2) is 16.4 Å². The van der Waals surface area contributed by atoms with Crippen molar-refractivity contribution in [2.45, 2.75) is 6.54 Å². The molecule has 0 unspecified atom stereocenters. The van der Waals surface area contributed by atoms with Gasteiger partial charge in [-0.05, 0) is 24.7 Å². The third-order valence-corrected chi connectivity index (χ3v) is 2.23. The van der Waals surface area contributed by atoms with Crippen molar-refractivity contribution in [3.05, 3.63) is 35.4 Å². The van der Waals surface area contributed by atoms with E-state index in [-0.39, 0.29) is 0 Å². The molecule has 0 aliphatic rings. The van der Waals surface area contributed by atoms with Gasteiger partial charge < -0.3 is 9.72 Å². The molecule has 4 heteroatoms. The molecule has 3 nitrogen and oxygen atoms in total. The number of aromatic nitrogens is 2. The summed E-state index contributed by atoms with van der Waals surface area (Å²) in [7, 11) is 1.92. The van der Waals surface area contributed by atoms with Crippen molar-refractivity contribution in [1.29, 1.82) is 0 Å². The highest BCUT2D eigenvalue weighted by atomic mass is 35.5. The molecule has 0 amide bonds. The first-order chi connectivity index (χ1) is 6.31. The van der Waals surface area contributed by atoms with Crippen molar-refractivity contribution in [2.24, 2.45) is 0 Å². The summed E-state index contributed by atoms with van der Waals surface area (Å²) in [5.41, 5.74) is 2.16. The fraction of sp³-hybridized carbons (Fsp3) is 0.222. The van der Waals surface area contributed by atoms with Crippen LogP contribution in [0.25, 0.3) is 5.52 Å². The predicted molar refractivity (Wildman–Crippen MR) is 53.0 cm³/mol. The van der Waals surface area contributed by atoms with E-state index in [2.05, 4.69) is 10.3 Å². The van der Waals surface area contributed by atoms with Crippen molar-refractivity contribution < 1.29 is 0 Å². The van der Waals surface area contributed by atoms with Crippen LogP contribution in [0.15, 0.2) is 24.7 Å². The van der Waals surface area contributed by atoms with E-state index in [1.165, 1.54) is 5.56 Å². The van der Waals surface area contributed by atoms with Crippen LogP contribution in [0, 0.1) is 0 Å².